The van der Waals surface area contributed by atoms with Gasteiger partial charge >= 0.3 is 0 Å². The molecule has 0 spiro atoms. The van der Waals surface area contributed by atoms with Crippen LogP contribution in [-0.2, 0) is 6.42 Å². The van der Waals surface area contributed by atoms with E-state index in [1.165, 1.54) is 5.56 Å². The zero-order valence-corrected chi connectivity index (χ0v) is 9.40. The molecule has 2 unspecified atom stereocenters. The van der Waals surface area contributed by atoms with E-state index in [4.69, 9.17) is 5.73 Å². The van der Waals surface area contributed by atoms with Gasteiger partial charge in [0.15, 0.2) is 0 Å². The molecule has 2 rings (SSSR count). The number of benzene rings is 1. The topological polar surface area (TPSA) is 46.2 Å². The van der Waals surface area contributed by atoms with E-state index in [9.17, 15) is 5.11 Å². The van der Waals surface area contributed by atoms with E-state index in [2.05, 4.69) is 19.9 Å². The van der Waals surface area contributed by atoms with Gasteiger partial charge in [-0.05, 0) is 36.0 Å². The summed E-state index contributed by atoms with van der Waals surface area (Å²) in [7, 11) is 0. The maximum atomic E-state index is 9.80. The summed E-state index contributed by atoms with van der Waals surface area (Å²) in [6.45, 7) is 4.40. The highest BCUT2D eigenvalue weighted by atomic mass is 16.3. The zero-order chi connectivity index (χ0) is 11.0. The molecule has 1 aliphatic rings. The van der Waals surface area contributed by atoms with Crippen molar-refractivity contribution in [2.45, 2.75) is 38.6 Å². The Morgan fingerprint density at radius 3 is 2.80 bits per heavy atom. The Balaban J connectivity index is 2.48. The molecular weight excluding hydrogens is 186 g/mol. The molecule has 1 aromatic carbocycles. The summed E-state index contributed by atoms with van der Waals surface area (Å²) in [5.74, 6) is 1.35. The molecule has 0 saturated heterocycles. The van der Waals surface area contributed by atoms with Crippen LogP contribution < -0.4 is 5.73 Å². The van der Waals surface area contributed by atoms with Crippen molar-refractivity contribution in [1.82, 2.24) is 0 Å². The van der Waals surface area contributed by atoms with Gasteiger partial charge in [0, 0.05) is 12.0 Å². The predicted octanol–water partition coefficient (Wildman–Crippen LogP) is 2.41. The van der Waals surface area contributed by atoms with Crippen LogP contribution >= 0.6 is 0 Å². The van der Waals surface area contributed by atoms with Crippen LogP contribution in [-0.4, -0.2) is 11.1 Å². The largest absolute Gasteiger partial charge is 0.508 e. The molecular formula is C13H19NO. The fraction of sp³-hybridized carbons (Fsp3) is 0.538. The minimum absolute atomic E-state index is 0.235. The third-order valence-electron chi connectivity index (χ3n) is 3.45. The summed E-state index contributed by atoms with van der Waals surface area (Å²) >= 11 is 0. The first-order valence-corrected chi connectivity index (χ1v) is 5.67. The van der Waals surface area contributed by atoms with E-state index < -0.39 is 0 Å². The molecule has 2 heteroatoms. The lowest BCUT2D eigenvalue weighted by atomic mass is 9.74. The summed E-state index contributed by atoms with van der Waals surface area (Å²) in [4.78, 5) is 0. The predicted molar refractivity (Wildman–Crippen MR) is 62.0 cm³/mol. The molecule has 0 amide bonds. The fourth-order valence-electron chi connectivity index (χ4n) is 2.75. The SMILES string of the molecule is CC(C)C1c2cccc(O)c2CCC1N. The maximum absolute atomic E-state index is 9.80. The molecule has 0 bridgehead atoms. The molecule has 0 radical (unpaired) electrons. The molecule has 0 heterocycles. The molecule has 3 N–H and O–H groups in total. The third kappa shape index (κ3) is 1.74. The lowest BCUT2D eigenvalue weighted by molar-refractivity contribution is 0.370. The zero-order valence-electron chi connectivity index (χ0n) is 9.40. The Hall–Kier alpha value is -1.02. The second-order valence-electron chi connectivity index (χ2n) is 4.82. The number of aromatic hydroxyl groups is 1. The van der Waals surface area contributed by atoms with Crippen LogP contribution in [0.1, 0.15) is 37.3 Å². The molecule has 2 atom stereocenters. The van der Waals surface area contributed by atoms with Crippen LogP contribution in [0.3, 0.4) is 0 Å². The number of phenols is 1. The van der Waals surface area contributed by atoms with Crippen molar-refractivity contribution in [1.29, 1.82) is 0 Å². The molecule has 15 heavy (non-hydrogen) atoms. The lowest BCUT2D eigenvalue weighted by Crippen LogP contribution is -2.35. The van der Waals surface area contributed by atoms with E-state index in [0.29, 0.717) is 17.6 Å². The third-order valence-corrected chi connectivity index (χ3v) is 3.45. The van der Waals surface area contributed by atoms with Crippen molar-refractivity contribution >= 4 is 0 Å². The summed E-state index contributed by atoms with van der Waals surface area (Å²) < 4.78 is 0. The van der Waals surface area contributed by atoms with Crippen LogP contribution in [0.5, 0.6) is 5.75 Å². The van der Waals surface area contributed by atoms with Gasteiger partial charge in [-0.25, -0.2) is 0 Å². The second-order valence-corrected chi connectivity index (χ2v) is 4.82. The molecule has 82 valence electrons. The summed E-state index contributed by atoms with van der Waals surface area (Å²) in [5, 5.41) is 9.80. The van der Waals surface area contributed by atoms with Gasteiger partial charge < -0.3 is 10.8 Å². The Morgan fingerprint density at radius 2 is 2.13 bits per heavy atom. The van der Waals surface area contributed by atoms with E-state index in [-0.39, 0.29) is 6.04 Å². The molecule has 0 aliphatic heterocycles. The Morgan fingerprint density at radius 1 is 1.40 bits per heavy atom. The van der Waals surface area contributed by atoms with Crippen molar-refractivity contribution in [3.63, 3.8) is 0 Å². The van der Waals surface area contributed by atoms with E-state index in [0.717, 1.165) is 18.4 Å². The van der Waals surface area contributed by atoms with Gasteiger partial charge in [-0.1, -0.05) is 26.0 Å². The minimum Gasteiger partial charge on any atom is -0.508 e. The first-order valence-electron chi connectivity index (χ1n) is 5.67. The first kappa shape index (κ1) is 10.5. The smallest absolute Gasteiger partial charge is 0.119 e. The standard InChI is InChI=1S/C13H19NO/c1-8(2)13-10-4-3-5-12(15)9(10)6-7-11(13)14/h3-5,8,11,13,15H,6-7,14H2,1-2H3. The van der Waals surface area contributed by atoms with Gasteiger partial charge in [-0.3, -0.25) is 0 Å². The maximum Gasteiger partial charge on any atom is 0.119 e. The minimum atomic E-state index is 0.235. The van der Waals surface area contributed by atoms with E-state index >= 15 is 0 Å². The van der Waals surface area contributed by atoms with Gasteiger partial charge in [0.25, 0.3) is 0 Å². The second kappa shape index (κ2) is 3.86. The number of fused-ring (bicyclic) bond motifs is 1. The molecule has 2 nitrogen and oxygen atoms in total. The molecule has 0 aromatic heterocycles. The van der Waals surface area contributed by atoms with Crippen molar-refractivity contribution in [3.05, 3.63) is 29.3 Å². The Kier molecular flexibility index (Phi) is 2.70. The normalized spacial score (nSPS) is 25.3. The van der Waals surface area contributed by atoms with Crippen LogP contribution in [0.4, 0.5) is 0 Å². The molecule has 1 aromatic rings. The summed E-state index contributed by atoms with van der Waals surface area (Å²) in [5.41, 5.74) is 8.53. The van der Waals surface area contributed by atoms with Crippen molar-refractivity contribution in [2.75, 3.05) is 0 Å². The average molecular weight is 205 g/mol. The monoisotopic (exact) mass is 205 g/mol. The number of phenolic OH excluding ortho intramolecular Hbond substituents is 1. The average Bonchev–Trinajstić information content (AvgIpc) is 2.17. The van der Waals surface area contributed by atoms with Crippen molar-refractivity contribution in [3.8, 4) is 5.75 Å². The van der Waals surface area contributed by atoms with Crippen molar-refractivity contribution in [2.24, 2.45) is 11.7 Å². The van der Waals surface area contributed by atoms with E-state index in [1.807, 2.05) is 6.07 Å². The number of hydrogen-bond acceptors (Lipinski definition) is 2. The number of nitrogens with two attached hydrogens (primary N) is 1. The highest BCUT2D eigenvalue weighted by Crippen LogP contribution is 2.39. The quantitative estimate of drug-likeness (QED) is 0.739. The van der Waals surface area contributed by atoms with Gasteiger partial charge in [0.2, 0.25) is 0 Å². The van der Waals surface area contributed by atoms with Crippen LogP contribution in [0.15, 0.2) is 18.2 Å². The Bertz CT molecular complexity index is 360. The number of rotatable bonds is 1. The highest BCUT2D eigenvalue weighted by Gasteiger charge is 2.30. The molecule has 0 fully saturated rings. The summed E-state index contributed by atoms with van der Waals surface area (Å²) in [6.07, 6.45) is 1.89. The van der Waals surface area contributed by atoms with Crippen molar-refractivity contribution < 1.29 is 5.11 Å². The van der Waals surface area contributed by atoms with Crippen LogP contribution in [0.2, 0.25) is 0 Å². The molecule has 1 aliphatic carbocycles. The van der Waals surface area contributed by atoms with Crippen LogP contribution in [0.25, 0.3) is 0 Å². The van der Waals surface area contributed by atoms with Gasteiger partial charge in [-0.2, -0.15) is 0 Å². The fourth-order valence-corrected chi connectivity index (χ4v) is 2.75. The lowest BCUT2D eigenvalue weighted by Gasteiger charge is -2.34. The molecule has 0 saturated carbocycles. The Labute approximate surface area is 91.1 Å². The van der Waals surface area contributed by atoms with E-state index in [1.54, 1.807) is 6.07 Å². The number of hydrogen-bond donors (Lipinski definition) is 2. The van der Waals surface area contributed by atoms with Crippen LogP contribution in [0, 0.1) is 5.92 Å². The van der Waals surface area contributed by atoms with Gasteiger partial charge in [0.1, 0.15) is 5.75 Å². The first-order chi connectivity index (χ1) is 7.11. The van der Waals surface area contributed by atoms with Gasteiger partial charge in [0.05, 0.1) is 0 Å². The highest BCUT2D eigenvalue weighted by molar-refractivity contribution is 5.43. The van der Waals surface area contributed by atoms with Gasteiger partial charge in [-0.15, -0.1) is 0 Å². The summed E-state index contributed by atoms with van der Waals surface area (Å²) in [6, 6.07) is 6.03.